The molecule has 4 rings (SSSR count). The first kappa shape index (κ1) is 24.0. The molecule has 0 aliphatic carbocycles. The van der Waals surface area contributed by atoms with E-state index in [1.165, 1.54) is 6.08 Å². The number of amides is 1. The van der Waals surface area contributed by atoms with Crippen LogP contribution in [0.15, 0.2) is 60.7 Å². The second-order valence-corrected chi connectivity index (χ2v) is 8.04. The fraction of sp³-hybridized carbons (Fsp3) is 0.250. The molecule has 0 radical (unpaired) electrons. The number of nitrogens with one attached hydrogen (secondary N) is 1. The van der Waals surface area contributed by atoms with Gasteiger partial charge in [0, 0.05) is 12.6 Å². The van der Waals surface area contributed by atoms with Gasteiger partial charge in [-0.25, -0.2) is 0 Å². The molecule has 0 bridgehead atoms. The van der Waals surface area contributed by atoms with Crippen LogP contribution in [0.4, 0.5) is 0 Å². The summed E-state index contributed by atoms with van der Waals surface area (Å²) in [7, 11) is 3.18. The molecule has 1 amide bonds. The van der Waals surface area contributed by atoms with Crippen molar-refractivity contribution in [3.8, 4) is 28.7 Å². The molecule has 0 saturated heterocycles. The molecule has 3 aromatic rings. The molecular weight excluding hydrogens is 446 g/mol. The van der Waals surface area contributed by atoms with Crippen molar-refractivity contribution in [2.24, 2.45) is 0 Å². The van der Waals surface area contributed by atoms with Gasteiger partial charge in [-0.1, -0.05) is 30.3 Å². The van der Waals surface area contributed by atoms with Crippen LogP contribution >= 0.6 is 0 Å². The minimum atomic E-state index is -0.178. The smallest absolute Gasteiger partial charge is 0.244 e. The number of fused-ring (bicyclic) bond motifs is 1. The van der Waals surface area contributed by atoms with Gasteiger partial charge in [0.15, 0.2) is 23.0 Å². The van der Waals surface area contributed by atoms with E-state index in [1.54, 1.807) is 20.3 Å². The average Bonchev–Trinajstić information content (AvgIpc) is 3.33. The standard InChI is InChI=1S/C28H29NO6/c1-19-13-23-24(35-18-34-23)16-22(19)9-10-27(30)29-12-11-21-14-25(31-2)28(32-3)26(15-21)33-17-20-7-5-4-6-8-20/h4-10,13-16H,11-12,17-18H2,1-3H3,(H,29,30)/b10-9+. The van der Waals surface area contributed by atoms with Crippen LogP contribution in [0.25, 0.3) is 6.08 Å². The van der Waals surface area contributed by atoms with Crippen molar-refractivity contribution in [2.45, 2.75) is 20.0 Å². The average molecular weight is 476 g/mol. The predicted molar refractivity (Wildman–Crippen MR) is 133 cm³/mol. The Hall–Kier alpha value is -4.13. The lowest BCUT2D eigenvalue weighted by Crippen LogP contribution is -2.23. The zero-order valence-electron chi connectivity index (χ0n) is 20.1. The van der Waals surface area contributed by atoms with Gasteiger partial charge in [-0.2, -0.15) is 0 Å². The molecule has 7 heteroatoms. The molecular formula is C28H29NO6. The SMILES string of the molecule is COc1cc(CCNC(=O)/C=C/c2cc3c(cc2C)OCO3)cc(OCc2ccccc2)c1OC. The monoisotopic (exact) mass is 475 g/mol. The largest absolute Gasteiger partial charge is 0.493 e. The summed E-state index contributed by atoms with van der Waals surface area (Å²) >= 11 is 0. The summed E-state index contributed by atoms with van der Waals surface area (Å²) < 4.78 is 27.9. The number of hydrogen-bond donors (Lipinski definition) is 1. The number of aryl methyl sites for hydroxylation is 1. The van der Waals surface area contributed by atoms with Crippen LogP contribution in [-0.2, 0) is 17.8 Å². The maximum Gasteiger partial charge on any atom is 0.244 e. The molecule has 1 N–H and O–H groups in total. The molecule has 0 aromatic heterocycles. The van der Waals surface area contributed by atoms with Crippen LogP contribution in [0, 0.1) is 6.92 Å². The second-order valence-electron chi connectivity index (χ2n) is 8.04. The molecule has 0 unspecified atom stereocenters. The van der Waals surface area contributed by atoms with Crippen molar-refractivity contribution < 1.29 is 28.5 Å². The maximum atomic E-state index is 12.4. The molecule has 1 aliphatic heterocycles. The first-order valence-corrected chi connectivity index (χ1v) is 11.3. The molecule has 0 atom stereocenters. The van der Waals surface area contributed by atoms with Gasteiger partial charge in [0.25, 0.3) is 0 Å². The maximum absolute atomic E-state index is 12.4. The Morgan fingerprint density at radius 3 is 2.46 bits per heavy atom. The number of rotatable bonds is 10. The highest BCUT2D eigenvalue weighted by Gasteiger charge is 2.16. The van der Waals surface area contributed by atoms with Crippen molar-refractivity contribution in [1.82, 2.24) is 5.32 Å². The third-order valence-corrected chi connectivity index (χ3v) is 5.63. The quantitative estimate of drug-likeness (QED) is 0.429. The number of ether oxygens (including phenoxy) is 5. The molecule has 0 saturated carbocycles. The van der Waals surface area contributed by atoms with Gasteiger partial charge in [0.05, 0.1) is 14.2 Å². The van der Waals surface area contributed by atoms with Crippen molar-refractivity contribution in [1.29, 1.82) is 0 Å². The Morgan fingerprint density at radius 2 is 1.71 bits per heavy atom. The van der Waals surface area contributed by atoms with E-state index in [4.69, 9.17) is 23.7 Å². The lowest BCUT2D eigenvalue weighted by atomic mass is 10.1. The normalized spacial score (nSPS) is 12.0. The van der Waals surface area contributed by atoms with Crippen LogP contribution < -0.4 is 29.0 Å². The zero-order chi connectivity index (χ0) is 24.6. The third kappa shape index (κ3) is 6.06. The fourth-order valence-corrected chi connectivity index (χ4v) is 3.76. The van der Waals surface area contributed by atoms with Gasteiger partial charge in [0.2, 0.25) is 18.4 Å². The Balaban J connectivity index is 1.37. The highest BCUT2D eigenvalue weighted by Crippen LogP contribution is 2.39. The van der Waals surface area contributed by atoms with Crippen LogP contribution in [0.3, 0.4) is 0 Å². The van der Waals surface area contributed by atoms with E-state index in [0.717, 1.165) is 28.0 Å². The van der Waals surface area contributed by atoms with Gasteiger partial charge in [0.1, 0.15) is 6.61 Å². The van der Waals surface area contributed by atoms with Crippen LogP contribution in [0.2, 0.25) is 0 Å². The summed E-state index contributed by atoms with van der Waals surface area (Å²) in [6, 6.07) is 17.5. The number of methoxy groups -OCH3 is 2. The van der Waals surface area contributed by atoms with Crippen molar-refractivity contribution in [3.05, 3.63) is 82.9 Å². The summed E-state index contributed by atoms with van der Waals surface area (Å²) in [6.07, 6.45) is 3.90. The van der Waals surface area contributed by atoms with Crippen molar-refractivity contribution in [2.75, 3.05) is 27.6 Å². The van der Waals surface area contributed by atoms with Gasteiger partial charge in [-0.3, -0.25) is 4.79 Å². The highest BCUT2D eigenvalue weighted by atomic mass is 16.7. The summed E-state index contributed by atoms with van der Waals surface area (Å²) in [5.41, 5.74) is 3.92. The molecule has 35 heavy (non-hydrogen) atoms. The molecule has 7 nitrogen and oxygen atoms in total. The van der Waals surface area contributed by atoms with Crippen molar-refractivity contribution in [3.63, 3.8) is 0 Å². The first-order valence-electron chi connectivity index (χ1n) is 11.3. The summed E-state index contributed by atoms with van der Waals surface area (Å²) in [4.78, 5) is 12.4. The van der Waals surface area contributed by atoms with E-state index >= 15 is 0 Å². The molecule has 0 spiro atoms. The number of carbonyl (C=O) groups excluding carboxylic acids is 1. The first-order chi connectivity index (χ1) is 17.1. The molecule has 0 fully saturated rings. The Labute approximate surface area is 205 Å². The van der Waals surface area contributed by atoms with Crippen LogP contribution in [-0.4, -0.2) is 33.5 Å². The van der Waals surface area contributed by atoms with Gasteiger partial charge < -0.3 is 29.0 Å². The second kappa shape index (κ2) is 11.3. The van der Waals surface area contributed by atoms with Gasteiger partial charge >= 0.3 is 0 Å². The number of carbonyl (C=O) groups is 1. The molecule has 1 aliphatic rings. The van der Waals surface area contributed by atoms with E-state index in [0.29, 0.717) is 42.6 Å². The Bertz CT molecular complexity index is 1210. The zero-order valence-corrected chi connectivity index (χ0v) is 20.1. The molecule has 1 heterocycles. The van der Waals surface area contributed by atoms with Gasteiger partial charge in [-0.05, 0) is 65.9 Å². The minimum absolute atomic E-state index is 0.178. The van der Waals surface area contributed by atoms with E-state index in [1.807, 2.05) is 61.5 Å². The lowest BCUT2D eigenvalue weighted by molar-refractivity contribution is -0.116. The van der Waals surface area contributed by atoms with Crippen LogP contribution in [0.1, 0.15) is 22.3 Å². The van der Waals surface area contributed by atoms with Crippen molar-refractivity contribution >= 4 is 12.0 Å². The molecule has 3 aromatic carbocycles. The number of benzene rings is 3. The Kier molecular flexibility index (Phi) is 7.77. The fourth-order valence-electron chi connectivity index (χ4n) is 3.76. The van der Waals surface area contributed by atoms with Crippen LogP contribution in [0.5, 0.6) is 28.7 Å². The predicted octanol–water partition coefficient (Wildman–Crippen LogP) is 4.69. The summed E-state index contributed by atoms with van der Waals surface area (Å²) in [5.74, 6) is 2.95. The Morgan fingerprint density at radius 1 is 0.971 bits per heavy atom. The molecule has 182 valence electrons. The summed E-state index contributed by atoms with van der Waals surface area (Å²) in [6.45, 7) is 3.05. The van der Waals surface area contributed by atoms with Gasteiger partial charge in [-0.15, -0.1) is 0 Å². The minimum Gasteiger partial charge on any atom is -0.493 e. The topological polar surface area (TPSA) is 75.3 Å². The van der Waals surface area contributed by atoms with E-state index < -0.39 is 0 Å². The third-order valence-electron chi connectivity index (χ3n) is 5.63. The van der Waals surface area contributed by atoms with E-state index in [9.17, 15) is 4.79 Å². The lowest BCUT2D eigenvalue weighted by Gasteiger charge is -2.16. The highest BCUT2D eigenvalue weighted by molar-refractivity contribution is 5.92. The summed E-state index contributed by atoms with van der Waals surface area (Å²) in [5, 5.41) is 2.92. The van der Waals surface area contributed by atoms with E-state index in [-0.39, 0.29) is 12.7 Å². The van der Waals surface area contributed by atoms with E-state index in [2.05, 4.69) is 5.32 Å². The number of hydrogen-bond acceptors (Lipinski definition) is 6.